The van der Waals surface area contributed by atoms with Crippen molar-refractivity contribution in [2.75, 3.05) is 26.4 Å². The second kappa shape index (κ2) is 41.3. The number of carbonyl (C=O) groups excluding carboxylic acids is 2. The Labute approximate surface area is 485 Å². The molecule has 0 aromatic carbocycles. The van der Waals surface area contributed by atoms with Gasteiger partial charge < -0.3 is 100 Å². The third-order valence-corrected chi connectivity index (χ3v) is 15.6. The Morgan fingerprint density at radius 3 is 1.67 bits per heavy atom. The molecule has 23 heteroatoms. The number of aliphatic hydroxyl groups is 11. The summed E-state index contributed by atoms with van der Waals surface area (Å²) in [6.45, 7) is 2.07. The average Bonchev–Trinajstić information content (AvgIpc) is 3.03. The van der Waals surface area contributed by atoms with Crippen molar-refractivity contribution < 1.29 is 104 Å². The monoisotopic (exact) mass is 1180 g/mol. The lowest BCUT2D eigenvalue weighted by atomic mass is 9.88. The Balaban J connectivity index is 1.67. The minimum Gasteiger partial charge on any atom is -0.477 e. The van der Waals surface area contributed by atoms with Gasteiger partial charge in [-0.3, -0.25) is 9.59 Å². The molecule has 14 N–H and O–H groups in total. The van der Waals surface area contributed by atoms with Crippen LogP contribution in [0.1, 0.15) is 194 Å². The zero-order valence-corrected chi connectivity index (χ0v) is 49.1. The highest BCUT2D eigenvalue weighted by atomic mass is 16.8. The fraction of sp³-hybridized carbons (Fsp3) is 0.881. The summed E-state index contributed by atoms with van der Waals surface area (Å²) in [6.07, 6.45) is 6.71. The maximum absolute atomic E-state index is 13.4. The number of allylic oxidation sites excluding steroid dienone is 3. The molecular weight excluding hydrogens is 1070 g/mol. The van der Waals surface area contributed by atoms with Crippen LogP contribution in [0.5, 0.6) is 0 Å². The highest BCUT2D eigenvalue weighted by Crippen LogP contribution is 2.38. The number of aliphatic carboxylic acids is 1. The minimum absolute atomic E-state index is 0.195. The molecular formula is C59H106N2O21. The van der Waals surface area contributed by atoms with Gasteiger partial charge >= 0.3 is 5.97 Å². The predicted molar refractivity (Wildman–Crippen MR) is 301 cm³/mol. The van der Waals surface area contributed by atoms with Crippen LogP contribution in [0.25, 0.3) is 0 Å². The quantitative estimate of drug-likeness (QED) is 0.0308. The van der Waals surface area contributed by atoms with Crippen molar-refractivity contribution in [1.29, 1.82) is 0 Å². The van der Waals surface area contributed by atoms with Gasteiger partial charge in [0.1, 0.15) is 67.1 Å². The van der Waals surface area contributed by atoms with Crippen molar-refractivity contribution in [3.8, 4) is 0 Å². The molecule has 3 heterocycles. The minimum atomic E-state index is -3.08. The molecule has 0 aromatic rings. The van der Waals surface area contributed by atoms with Crippen LogP contribution in [0.3, 0.4) is 0 Å². The Morgan fingerprint density at radius 1 is 0.634 bits per heavy atom. The van der Waals surface area contributed by atoms with Crippen LogP contribution >= 0.6 is 0 Å². The summed E-state index contributed by atoms with van der Waals surface area (Å²) in [5, 5.41) is 135. The number of carboxylic acids is 1. The first-order valence-corrected chi connectivity index (χ1v) is 30.7. The molecule has 0 aliphatic carbocycles. The summed E-state index contributed by atoms with van der Waals surface area (Å²) in [6, 6.07) is -2.62. The van der Waals surface area contributed by atoms with Crippen LogP contribution in [0.2, 0.25) is 0 Å². The molecule has 1 unspecified atom stereocenters. The molecule has 0 saturated carbocycles. The molecule has 18 atom stereocenters. The molecule has 0 bridgehead atoms. The zero-order valence-electron chi connectivity index (χ0n) is 49.1. The summed E-state index contributed by atoms with van der Waals surface area (Å²) < 4.78 is 34.7. The van der Waals surface area contributed by atoms with Crippen LogP contribution in [-0.2, 0) is 42.8 Å². The van der Waals surface area contributed by atoms with Gasteiger partial charge in [0.15, 0.2) is 12.6 Å². The van der Waals surface area contributed by atoms with E-state index in [1.165, 1.54) is 77.0 Å². The smallest absolute Gasteiger partial charge is 0.364 e. The molecule has 3 rings (SSSR count). The van der Waals surface area contributed by atoms with E-state index in [1.807, 2.05) is 6.08 Å². The van der Waals surface area contributed by atoms with Crippen LogP contribution in [-0.4, -0.2) is 215 Å². The lowest BCUT2D eigenvalue weighted by Gasteiger charge is -2.50. The number of carboxylic acid groups (broad SMARTS) is 1. The SMILES string of the molecule is CCCCCC/C=C\CCCCCCCCCC(=O)N[C@@H](CO[C@@H]1O[C@H](CO)[C@@H](O[C@@H]2O[C@H](CO)[C@H](O)[C@H](O[C@]3(C(=O)O)C[C@H](O)[C@@H](NC(C)=O)C([C@H](O)[C@H](O)CO)O3)[C@H]2O)[C@H](O)[C@H]1O)[C@H](O)/C=C/CCCCCCCCCCCCC. The van der Waals surface area contributed by atoms with Crippen molar-refractivity contribution in [3.63, 3.8) is 0 Å². The number of ether oxygens (including phenoxy) is 6. The van der Waals surface area contributed by atoms with E-state index >= 15 is 0 Å². The van der Waals surface area contributed by atoms with E-state index in [9.17, 15) is 75.7 Å². The molecule has 3 fully saturated rings. The van der Waals surface area contributed by atoms with Gasteiger partial charge in [0, 0.05) is 19.8 Å². The highest BCUT2D eigenvalue weighted by molar-refractivity contribution is 5.77. The van der Waals surface area contributed by atoms with E-state index in [4.69, 9.17) is 28.4 Å². The van der Waals surface area contributed by atoms with Crippen LogP contribution in [0, 0.1) is 0 Å². The Kier molecular flexibility index (Phi) is 37.0. The van der Waals surface area contributed by atoms with Crippen molar-refractivity contribution in [3.05, 3.63) is 24.3 Å². The van der Waals surface area contributed by atoms with Gasteiger partial charge in [-0.1, -0.05) is 154 Å². The first kappa shape index (κ1) is 73.5. The number of hydrogen-bond acceptors (Lipinski definition) is 20. The van der Waals surface area contributed by atoms with Crippen LogP contribution in [0.15, 0.2) is 24.3 Å². The number of aliphatic hydroxyl groups excluding tert-OH is 11. The Morgan fingerprint density at radius 2 is 1.15 bits per heavy atom. The van der Waals surface area contributed by atoms with Crippen molar-refractivity contribution >= 4 is 17.8 Å². The predicted octanol–water partition coefficient (Wildman–Crippen LogP) is 2.94. The normalized spacial score (nSPS) is 30.3. The summed E-state index contributed by atoms with van der Waals surface area (Å²) >= 11 is 0. The Hall–Kier alpha value is -2.79. The second-order valence-corrected chi connectivity index (χ2v) is 22.6. The lowest BCUT2D eigenvalue weighted by Crippen LogP contribution is -2.70. The van der Waals surface area contributed by atoms with Crippen LogP contribution < -0.4 is 10.6 Å². The molecule has 478 valence electrons. The van der Waals surface area contributed by atoms with E-state index < -0.39 is 155 Å². The molecule has 23 nitrogen and oxygen atoms in total. The largest absolute Gasteiger partial charge is 0.477 e. The molecule has 3 saturated heterocycles. The second-order valence-electron chi connectivity index (χ2n) is 22.6. The summed E-state index contributed by atoms with van der Waals surface area (Å²) in [4.78, 5) is 38.4. The Bertz CT molecular complexity index is 1780. The highest BCUT2D eigenvalue weighted by Gasteiger charge is 2.60. The van der Waals surface area contributed by atoms with E-state index in [2.05, 4.69) is 36.6 Å². The summed E-state index contributed by atoms with van der Waals surface area (Å²) in [5.74, 6) is -6.15. The molecule has 0 spiro atoms. The van der Waals surface area contributed by atoms with Gasteiger partial charge in [-0.2, -0.15) is 0 Å². The van der Waals surface area contributed by atoms with Gasteiger partial charge in [0.2, 0.25) is 11.8 Å². The fourth-order valence-corrected chi connectivity index (χ4v) is 10.6. The number of rotatable bonds is 44. The molecule has 82 heavy (non-hydrogen) atoms. The van der Waals surface area contributed by atoms with E-state index in [0.29, 0.717) is 12.8 Å². The van der Waals surface area contributed by atoms with Crippen molar-refractivity contribution in [2.45, 2.75) is 304 Å². The van der Waals surface area contributed by atoms with E-state index in [1.54, 1.807) is 6.08 Å². The fourth-order valence-electron chi connectivity index (χ4n) is 10.6. The van der Waals surface area contributed by atoms with E-state index in [-0.39, 0.29) is 12.3 Å². The summed E-state index contributed by atoms with van der Waals surface area (Å²) in [5.41, 5.74) is 0. The standard InChI is InChI=1S/C59H106N2O21/c1-4-6-8-10-12-14-16-18-19-21-23-25-27-29-31-33-46(69)61-40(41(66)32-30-28-26-24-22-20-17-15-13-11-9-7-5-2)38-77-56-51(73)50(72)53(45(37-64)79-56)80-57-52(74)55(49(71)44(36-63)78-57)82-59(58(75)76)34-42(67)47(60-39(3)65)54(81-59)48(70)43(68)35-62/h14,16,30,32,40-45,47-57,62-64,66-68,70-74H,4-13,15,17-29,31,33-38H2,1-3H3,(H,60,65)(H,61,69)(H,75,76)/b16-14-,32-30+/t40-,41+,42-,43+,44+,45+,47+,48+,49-,50+,51+,52+,53+,54?,55-,56+,57-,59-/m0/s1. The zero-order chi connectivity index (χ0) is 60.5. The first-order valence-electron chi connectivity index (χ1n) is 30.7. The van der Waals surface area contributed by atoms with Gasteiger partial charge in [-0.15, -0.1) is 0 Å². The van der Waals surface area contributed by atoms with Crippen molar-refractivity contribution in [1.82, 2.24) is 10.6 Å². The van der Waals surface area contributed by atoms with Crippen LogP contribution in [0.4, 0.5) is 0 Å². The molecule has 3 aliphatic rings. The number of nitrogens with one attached hydrogen (secondary N) is 2. The topological polar surface area (TPSA) is 373 Å². The average molecular weight is 1180 g/mol. The first-order chi connectivity index (χ1) is 39.4. The maximum atomic E-state index is 13.4. The van der Waals surface area contributed by atoms with Gasteiger partial charge in [-0.05, 0) is 44.9 Å². The third-order valence-electron chi connectivity index (χ3n) is 15.6. The lowest BCUT2D eigenvalue weighted by molar-refractivity contribution is -0.386. The van der Waals surface area contributed by atoms with Gasteiger partial charge in [0.05, 0.1) is 50.7 Å². The summed E-state index contributed by atoms with van der Waals surface area (Å²) in [7, 11) is 0. The number of unbranched alkanes of at least 4 members (excludes halogenated alkanes) is 22. The van der Waals surface area contributed by atoms with Crippen molar-refractivity contribution in [2.24, 2.45) is 0 Å². The number of carbonyl (C=O) groups is 3. The van der Waals surface area contributed by atoms with E-state index in [0.717, 1.165) is 77.6 Å². The maximum Gasteiger partial charge on any atom is 0.364 e. The van der Waals surface area contributed by atoms with Gasteiger partial charge in [-0.25, -0.2) is 4.79 Å². The molecule has 2 amide bonds. The third kappa shape index (κ3) is 25.3. The molecule has 3 aliphatic heterocycles. The molecule has 0 radical (unpaired) electrons. The molecule has 0 aromatic heterocycles. The number of amides is 2. The number of hydrogen-bond donors (Lipinski definition) is 14. The van der Waals surface area contributed by atoms with Gasteiger partial charge in [0.25, 0.3) is 5.79 Å².